The van der Waals surface area contributed by atoms with E-state index >= 15 is 0 Å². The Morgan fingerprint density at radius 3 is 2.76 bits per heavy atom. The molecule has 1 aliphatic carbocycles. The topological polar surface area (TPSA) is 95.3 Å². The molecule has 0 aromatic carbocycles. The summed E-state index contributed by atoms with van der Waals surface area (Å²) in [6, 6.07) is 0.861. The predicted octanol–water partition coefficient (Wildman–Crippen LogP) is -0.993. The number of H-pyrrole nitrogens is 1. The molecule has 92 valence electrons. The van der Waals surface area contributed by atoms with E-state index in [-0.39, 0.29) is 12.6 Å². The van der Waals surface area contributed by atoms with Crippen LogP contribution in [0.3, 0.4) is 0 Å². The summed E-state index contributed by atoms with van der Waals surface area (Å²) in [4.78, 5) is 24.7. The zero-order valence-electron chi connectivity index (χ0n) is 9.17. The van der Waals surface area contributed by atoms with Gasteiger partial charge in [0, 0.05) is 18.2 Å². The highest BCUT2D eigenvalue weighted by Crippen LogP contribution is 2.37. The fraction of sp³-hybridized carbons (Fsp3) is 0.455. The Kier molecular flexibility index (Phi) is 2.99. The Hall–Kier alpha value is -1.66. The van der Waals surface area contributed by atoms with Crippen molar-refractivity contribution < 1.29 is 10.2 Å². The van der Waals surface area contributed by atoms with E-state index in [2.05, 4.69) is 11.6 Å². The molecule has 1 aromatic heterocycles. The second-order valence-corrected chi connectivity index (χ2v) is 4.20. The van der Waals surface area contributed by atoms with Crippen LogP contribution < -0.4 is 11.2 Å². The van der Waals surface area contributed by atoms with Crippen LogP contribution in [0.25, 0.3) is 0 Å². The molecule has 1 aliphatic rings. The summed E-state index contributed by atoms with van der Waals surface area (Å²) < 4.78 is 1.32. The molecule has 0 saturated heterocycles. The molecule has 3 N–H and O–H groups in total. The van der Waals surface area contributed by atoms with Gasteiger partial charge in [0.2, 0.25) is 0 Å². The Labute approximate surface area is 96.9 Å². The number of aromatic amines is 1. The van der Waals surface area contributed by atoms with Crippen molar-refractivity contribution in [2.45, 2.75) is 18.6 Å². The second kappa shape index (κ2) is 4.31. The fourth-order valence-electron chi connectivity index (χ4n) is 2.24. The number of hydrogen-bond donors (Lipinski definition) is 3. The van der Waals surface area contributed by atoms with Gasteiger partial charge in [-0.25, -0.2) is 4.79 Å². The molecule has 0 radical (unpaired) electrons. The maximum atomic E-state index is 11.6. The van der Waals surface area contributed by atoms with Crippen LogP contribution in [0.1, 0.15) is 12.5 Å². The van der Waals surface area contributed by atoms with Crippen LogP contribution in [0.2, 0.25) is 0 Å². The van der Waals surface area contributed by atoms with Gasteiger partial charge >= 0.3 is 5.69 Å². The van der Waals surface area contributed by atoms with Crippen molar-refractivity contribution in [3.63, 3.8) is 0 Å². The van der Waals surface area contributed by atoms with E-state index < -0.39 is 23.3 Å². The zero-order valence-corrected chi connectivity index (χ0v) is 9.17. The third-order valence-corrected chi connectivity index (χ3v) is 3.22. The quantitative estimate of drug-likeness (QED) is 0.576. The summed E-state index contributed by atoms with van der Waals surface area (Å²) in [5, 5.41) is 18.8. The SMILES string of the molecule is C=C1C(CO)C(O)CC1n1ccc(=O)[nH]c1=O. The van der Waals surface area contributed by atoms with Crippen molar-refractivity contribution in [3.8, 4) is 0 Å². The third-order valence-electron chi connectivity index (χ3n) is 3.22. The highest BCUT2D eigenvalue weighted by Gasteiger charge is 2.37. The van der Waals surface area contributed by atoms with Gasteiger partial charge < -0.3 is 10.2 Å². The zero-order chi connectivity index (χ0) is 12.6. The molecule has 1 heterocycles. The monoisotopic (exact) mass is 238 g/mol. The first-order valence-corrected chi connectivity index (χ1v) is 5.33. The molecule has 17 heavy (non-hydrogen) atoms. The molecule has 6 nitrogen and oxygen atoms in total. The van der Waals surface area contributed by atoms with Crippen molar-refractivity contribution in [1.82, 2.24) is 9.55 Å². The van der Waals surface area contributed by atoms with Crippen LogP contribution in [-0.4, -0.2) is 32.5 Å². The largest absolute Gasteiger partial charge is 0.396 e. The first-order chi connectivity index (χ1) is 8.04. The Morgan fingerprint density at radius 1 is 1.53 bits per heavy atom. The van der Waals surface area contributed by atoms with Gasteiger partial charge in [0.05, 0.1) is 18.8 Å². The number of nitrogens with zero attached hydrogens (tertiary/aromatic N) is 1. The van der Waals surface area contributed by atoms with E-state index in [4.69, 9.17) is 5.11 Å². The smallest absolute Gasteiger partial charge is 0.328 e. The molecule has 0 spiro atoms. The molecular weight excluding hydrogens is 224 g/mol. The van der Waals surface area contributed by atoms with Gasteiger partial charge in [-0.15, -0.1) is 0 Å². The summed E-state index contributed by atoms with van der Waals surface area (Å²) in [5.74, 6) is -0.418. The summed E-state index contributed by atoms with van der Waals surface area (Å²) in [7, 11) is 0. The number of aliphatic hydroxyl groups is 2. The van der Waals surface area contributed by atoms with Crippen LogP contribution in [0.5, 0.6) is 0 Å². The van der Waals surface area contributed by atoms with Gasteiger partial charge in [-0.3, -0.25) is 14.3 Å². The number of rotatable bonds is 2. The van der Waals surface area contributed by atoms with Crippen LogP contribution in [0, 0.1) is 5.92 Å². The molecule has 3 unspecified atom stereocenters. The lowest BCUT2D eigenvalue weighted by Gasteiger charge is -2.15. The van der Waals surface area contributed by atoms with Gasteiger partial charge in [0.25, 0.3) is 5.56 Å². The first-order valence-electron chi connectivity index (χ1n) is 5.33. The van der Waals surface area contributed by atoms with Crippen molar-refractivity contribution in [2.75, 3.05) is 6.61 Å². The Morgan fingerprint density at radius 2 is 2.24 bits per heavy atom. The molecule has 0 amide bonds. The van der Waals surface area contributed by atoms with Crippen molar-refractivity contribution in [2.24, 2.45) is 5.92 Å². The summed E-state index contributed by atoms with van der Waals surface area (Å²) in [6.07, 6.45) is 0.982. The van der Waals surface area contributed by atoms with Crippen LogP contribution in [-0.2, 0) is 0 Å². The van der Waals surface area contributed by atoms with Crippen molar-refractivity contribution >= 4 is 0 Å². The number of aliphatic hydroxyl groups excluding tert-OH is 2. The standard InChI is InChI=1S/C11H14N2O4/c1-6-7(5-14)9(15)4-8(6)13-3-2-10(16)12-11(13)17/h2-3,7-9,14-15H,1,4-5H2,(H,12,16,17). The van der Waals surface area contributed by atoms with Crippen molar-refractivity contribution in [3.05, 3.63) is 45.3 Å². The van der Waals surface area contributed by atoms with Gasteiger partial charge in [0.1, 0.15) is 0 Å². The van der Waals surface area contributed by atoms with E-state index in [0.717, 1.165) is 0 Å². The molecule has 0 bridgehead atoms. The summed E-state index contributed by atoms with van der Waals surface area (Å²) >= 11 is 0. The third kappa shape index (κ3) is 1.96. The molecule has 2 rings (SSSR count). The first kappa shape index (κ1) is 11.8. The van der Waals surface area contributed by atoms with E-state index in [0.29, 0.717) is 12.0 Å². The van der Waals surface area contributed by atoms with Crippen molar-refractivity contribution in [1.29, 1.82) is 0 Å². The average molecular weight is 238 g/mol. The van der Waals surface area contributed by atoms with Crippen LogP contribution >= 0.6 is 0 Å². The van der Waals surface area contributed by atoms with E-state index in [9.17, 15) is 14.7 Å². The molecule has 1 aromatic rings. The lowest BCUT2D eigenvalue weighted by molar-refractivity contribution is 0.101. The van der Waals surface area contributed by atoms with Gasteiger partial charge in [-0.05, 0) is 12.0 Å². The van der Waals surface area contributed by atoms with Crippen LogP contribution in [0.4, 0.5) is 0 Å². The van der Waals surface area contributed by atoms with Crippen LogP contribution in [0.15, 0.2) is 34.0 Å². The molecular formula is C11H14N2O4. The second-order valence-electron chi connectivity index (χ2n) is 4.20. The highest BCUT2D eigenvalue weighted by molar-refractivity contribution is 5.18. The normalized spacial score (nSPS) is 28.6. The average Bonchev–Trinajstić information content (AvgIpc) is 2.54. The molecule has 3 atom stereocenters. The van der Waals surface area contributed by atoms with E-state index in [1.165, 1.54) is 16.8 Å². The lowest BCUT2D eigenvalue weighted by Crippen LogP contribution is -2.31. The minimum atomic E-state index is -0.712. The molecule has 1 fully saturated rings. The summed E-state index contributed by atoms with van der Waals surface area (Å²) in [5.41, 5.74) is -0.391. The van der Waals surface area contributed by atoms with E-state index in [1.807, 2.05) is 0 Å². The number of hydrogen-bond acceptors (Lipinski definition) is 4. The fourth-order valence-corrected chi connectivity index (χ4v) is 2.24. The maximum absolute atomic E-state index is 11.6. The maximum Gasteiger partial charge on any atom is 0.328 e. The lowest BCUT2D eigenvalue weighted by atomic mass is 10.0. The Balaban J connectivity index is 2.39. The summed E-state index contributed by atoms with van der Waals surface area (Å²) in [6.45, 7) is 3.61. The molecule has 1 saturated carbocycles. The molecule has 0 aliphatic heterocycles. The Bertz CT molecular complexity index is 545. The van der Waals surface area contributed by atoms with E-state index in [1.54, 1.807) is 0 Å². The predicted molar refractivity (Wildman–Crippen MR) is 60.7 cm³/mol. The van der Waals surface area contributed by atoms with Gasteiger partial charge in [-0.1, -0.05) is 6.58 Å². The number of aromatic nitrogens is 2. The van der Waals surface area contributed by atoms with Gasteiger partial charge in [0.15, 0.2) is 0 Å². The van der Waals surface area contributed by atoms with Gasteiger partial charge in [-0.2, -0.15) is 0 Å². The highest BCUT2D eigenvalue weighted by atomic mass is 16.3. The number of nitrogens with one attached hydrogen (secondary N) is 1. The minimum absolute atomic E-state index is 0.200. The minimum Gasteiger partial charge on any atom is -0.396 e. The molecule has 6 heteroatoms.